The van der Waals surface area contributed by atoms with Gasteiger partial charge in [-0.1, -0.05) is 18.2 Å². The lowest BCUT2D eigenvalue weighted by molar-refractivity contribution is -0.0504. The number of rotatable bonds is 13. The molecule has 0 saturated carbocycles. The van der Waals surface area contributed by atoms with Crippen LogP contribution in [0.3, 0.4) is 0 Å². The van der Waals surface area contributed by atoms with E-state index >= 15 is 0 Å². The first-order valence-corrected chi connectivity index (χ1v) is 8.79. The number of aliphatic imine (C=N–C) groups is 1. The molecule has 8 heteroatoms. The van der Waals surface area contributed by atoms with Crippen molar-refractivity contribution in [1.82, 2.24) is 10.6 Å². The number of benzene rings is 1. The van der Waals surface area contributed by atoms with Gasteiger partial charge in [0.2, 0.25) is 0 Å². The second kappa shape index (κ2) is 14.3. The molecule has 0 aliphatic carbocycles. The monoisotopic (exact) mass is 373 g/mol. The fraction of sp³-hybridized carbons (Fsp3) is 0.611. The third-order valence-corrected chi connectivity index (χ3v) is 3.38. The molecular formula is C18H29F2N3O3. The largest absolute Gasteiger partial charge is 0.434 e. The fourth-order valence-electron chi connectivity index (χ4n) is 2.13. The van der Waals surface area contributed by atoms with Gasteiger partial charge in [-0.2, -0.15) is 8.78 Å². The molecule has 1 aromatic rings. The lowest BCUT2D eigenvalue weighted by Crippen LogP contribution is -2.37. The van der Waals surface area contributed by atoms with Crippen LogP contribution in [0.25, 0.3) is 0 Å². The Hall–Kier alpha value is -1.93. The van der Waals surface area contributed by atoms with Gasteiger partial charge in [-0.05, 0) is 25.8 Å². The summed E-state index contributed by atoms with van der Waals surface area (Å²) in [5, 5.41) is 6.36. The van der Waals surface area contributed by atoms with Crippen LogP contribution >= 0.6 is 0 Å². The van der Waals surface area contributed by atoms with Gasteiger partial charge in [0.1, 0.15) is 5.75 Å². The Morgan fingerprint density at radius 3 is 2.65 bits per heavy atom. The van der Waals surface area contributed by atoms with Gasteiger partial charge >= 0.3 is 6.61 Å². The maximum Gasteiger partial charge on any atom is 0.387 e. The molecule has 0 amide bonds. The molecule has 1 rings (SSSR count). The van der Waals surface area contributed by atoms with Gasteiger partial charge < -0.3 is 24.8 Å². The van der Waals surface area contributed by atoms with Gasteiger partial charge in [0.15, 0.2) is 5.96 Å². The molecule has 0 atom stereocenters. The van der Waals surface area contributed by atoms with Crippen molar-refractivity contribution in [3.05, 3.63) is 29.8 Å². The predicted molar refractivity (Wildman–Crippen MR) is 97.8 cm³/mol. The number of hydrogen-bond acceptors (Lipinski definition) is 4. The zero-order valence-electron chi connectivity index (χ0n) is 15.5. The van der Waals surface area contributed by atoms with Crippen molar-refractivity contribution in [3.8, 4) is 5.75 Å². The Bertz CT molecular complexity index is 516. The molecule has 0 aliphatic rings. The molecule has 0 heterocycles. The summed E-state index contributed by atoms with van der Waals surface area (Å²) in [6.07, 6.45) is 1.86. The van der Waals surface area contributed by atoms with Crippen molar-refractivity contribution < 1.29 is 23.0 Å². The van der Waals surface area contributed by atoms with Crippen LogP contribution in [0.4, 0.5) is 8.78 Å². The molecule has 1 aromatic carbocycles. The Kier molecular flexibility index (Phi) is 12.1. The molecular weight excluding hydrogens is 344 g/mol. The van der Waals surface area contributed by atoms with Crippen molar-refractivity contribution in [2.24, 2.45) is 4.99 Å². The Balaban J connectivity index is 2.41. The molecule has 0 bridgehead atoms. The van der Waals surface area contributed by atoms with E-state index in [9.17, 15) is 8.78 Å². The summed E-state index contributed by atoms with van der Waals surface area (Å²) >= 11 is 0. The summed E-state index contributed by atoms with van der Waals surface area (Å²) in [6.45, 7) is 2.72. The van der Waals surface area contributed by atoms with Crippen LogP contribution in [-0.2, 0) is 16.0 Å². The third kappa shape index (κ3) is 10.1. The van der Waals surface area contributed by atoms with Crippen LogP contribution in [0.15, 0.2) is 29.3 Å². The summed E-state index contributed by atoms with van der Waals surface area (Å²) < 4.78 is 39.8. The first-order valence-electron chi connectivity index (χ1n) is 8.79. The maximum atomic E-state index is 12.5. The van der Waals surface area contributed by atoms with E-state index in [1.54, 1.807) is 25.3 Å². The van der Waals surface area contributed by atoms with Crippen molar-refractivity contribution in [2.45, 2.75) is 32.9 Å². The summed E-state index contributed by atoms with van der Waals surface area (Å²) in [7, 11) is 1.65. The quantitative estimate of drug-likeness (QED) is 0.316. The van der Waals surface area contributed by atoms with Crippen LogP contribution < -0.4 is 15.4 Å². The topological polar surface area (TPSA) is 64.1 Å². The Morgan fingerprint density at radius 2 is 1.92 bits per heavy atom. The average Bonchev–Trinajstić information content (AvgIpc) is 2.62. The summed E-state index contributed by atoms with van der Waals surface area (Å²) in [4.78, 5) is 4.43. The van der Waals surface area contributed by atoms with E-state index in [0.717, 1.165) is 19.4 Å². The molecule has 0 spiro atoms. The maximum absolute atomic E-state index is 12.5. The van der Waals surface area contributed by atoms with E-state index < -0.39 is 6.61 Å². The molecule has 0 fully saturated rings. The van der Waals surface area contributed by atoms with E-state index in [4.69, 9.17) is 9.47 Å². The predicted octanol–water partition coefficient (Wildman–Crippen LogP) is 2.79. The van der Waals surface area contributed by atoms with Gasteiger partial charge in [-0.25, -0.2) is 4.99 Å². The van der Waals surface area contributed by atoms with Crippen LogP contribution in [0.5, 0.6) is 5.75 Å². The molecule has 2 N–H and O–H groups in total. The van der Waals surface area contributed by atoms with Crippen molar-refractivity contribution in [1.29, 1.82) is 0 Å². The van der Waals surface area contributed by atoms with E-state index in [-0.39, 0.29) is 12.3 Å². The normalized spacial score (nSPS) is 11.7. The minimum atomic E-state index is -2.85. The van der Waals surface area contributed by atoms with E-state index in [1.165, 1.54) is 6.07 Å². The average molecular weight is 373 g/mol. The molecule has 148 valence electrons. The molecule has 6 nitrogen and oxygen atoms in total. The van der Waals surface area contributed by atoms with Crippen LogP contribution in [0, 0.1) is 0 Å². The highest BCUT2D eigenvalue weighted by Gasteiger charge is 2.08. The highest BCUT2D eigenvalue weighted by molar-refractivity contribution is 5.79. The zero-order valence-corrected chi connectivity index (χ0v) is 15.5. The van der Waals surface area contributed by atoms with Crippen LogP contribution in [0.1, 0.15) is 25.3 Å². The number of methoxy groups -OCH3 is 1. The first-order chi connectivity index (χ1) is 12.7. The highest BCUT2D eigenvalue weighted by atomic mass is 19.3. The number of unbranched alkanes of at least 4 members (excludes halogenated alkanes) is 1. The minimum Gasteiger partial charge on any atom is -0.434 e. The van der Waals surface area contributed by atoms with Crippen LogP contribution in [0.2, 0.25) is 0 Å². The molecule has 0 aromatic heterocycles. The highest BCUT2D eigenvalue weighted by Crippen LogP contribution is 2.20. The van der Waals surface area contributed by atoms with Crippen molar-refractivity contribution in [2.75, 3.05) is 40.0 Å². The van der Waals surface area contributed by atoms with Crippen molar-refractivity contribution >= 4 is 5.96 Å². The fourth-order valence-corrected chi connectivity index (χ4v) is 2.13. The molecule has 0 unspecified atom stereocenters. The first kappa shape index (κ1) is 22.1. The summed E-state index contributed by atoms with van der Waals surface area (Å²) in [5.74, 6) is 0.787. The number of halogens is 2. The number of hydrogen-bond donors (Lipinski definition) is 2. The molecule has 0 radical (unpaired) electrons. The lowest BCUT2D eigenvalue weighted by Gasteiger charge is -2.13. The van der Waals surface area contributed by atoms with E-state index in [0.29, 0.717) is 37.9 Å². The lowest BCUT2D eigenvalue weighted by atomic mass is 10.2. The molecule has 0 saturated heterocycles. The number of ether oxygens (including phenoxy) is 3. The van der Waals surface area contributed by atoms with E-state index in [1.807, 2.05) is 6.92 Å². The molecule has 0 aliphatic heterocycles. The Labute approximate surface area is 153 Å². The van der Waals surface area contributed by atoms with Crippen molar-refractivity contribution in [3.63, 3.8) is 0 Å². The number of nitrogens with zero attached hydrogens (tertiary/aromatic N) is 1. The second-order valence-corrected chi connectivity index (χ2v) is 5.42. The Morgan fingerprint density at radius 1 is 1.12 bits per heavy atom. The summed E-state index contributed by atoms with van der Waals surface area (Å²) in [5.41, 5.74) is 0.608. The number of nitrogens with one attached hydrogen (secondary N) is 2. The molecule has 26 heavy (non-hydrogen) atoms. The summed E-state index contributed by atoms with van der Waals surface area (Å²) in [6, 6.07) is 6.67. The number of alkyl halides is 2. The van der Waals surface area contributed by atoms with Gasteiger partial charge in [0.25, 0.3) is 0 Å². The zero-order chi connectivity index (χ0) is 19.0. The van der Waals surface area contributed by atoms with Gasteiger partial charge in [-0.15, -0.1) is 0 Å². The number of guanidine groups is 1. The van der Waals surface area contributed by atoms with E-state index in [2.05, 4.69) is 20.4 Å². The smallest absolute Gasteiger partial charge is 0.387 e. The SMILES string of the molecule is CCNC(=NCc1ccccc1OC(F)F)NCCCCOCCOC. The van der Waals surface area contributed by atoms with Gasteiger partial charge in [0, 0.05) is 32.4 Å². The standard InChI is InChI=1S/C18H29F2N3O3/c1-3-21-18(22-10-6-7-11-25-13-12-24-2)23-14-15-8-4-5-9-16(15)26-17(19)20/h4-5,8-9,17H,3,6-7,10-14H2,1-2H3,(H2,21,22,23). The van der Waals surface area contributed by atoms with Gasteiger partial charge in [0.05, 0.1) is 19.8 Å². The second-order valence-electron chi connectivity index (χ2n) is 5.42. The number of para-hydroxylation sites is 1. The minimum absolute atomic E-state index is 0.148. The van der Waals surface area contributed by atoms with Gasteiger partial charge in [-0.3, -0.25) is 0 Å². The van der Waals surface area contributed by atoms with Crippen LogP contribution in [-0.4, -0.2) is 52.6 Å². The third-order valence-electron chi connectivity index (χ3n) is 3.38.